The highest BCUT2D eigenvalue weighted by Crippen LogP contribution is 2.24. The molecule has 0 spiro atoms. The average molecular weight is 301 g/mol. The third-order valence-electron chi connectivity index (χ3n) is 4.69. The SMILES string of the molecule is NC1CCCC1C(=O)NCc1ccc(N2CCCC2=O)cc1. The maximum Gasteiger partial charge on any atom is 0.227 e. The molecule has 1 aliphatic heterocycles. The molecule has 2 unspecified atom stereocenters. The lowest BCUT2D eigenvalue weighted by Gasteiger charge is -2.17. The first-order valence-electron chi connectivity index (χ1n) is 8.08. The number of anilines is 1. The second kappa shape index (κ2) is 6.48. The molecule has 1 aromatic carbocycles. The van der Waals surface area contributed by atoms with Gasteiger partial charge in [0, 0.05) is 31.2 Å². The number of benzene rings is 1. The predicted octanol–water partition coefficient (Wildman–Crippen LogP) is 1.56. The highest BCUT2D eigenvalue weighted by Gasteiger charge is 2.29. The monoisotopic (exact) mass is 301 g/mol. The van der Waals surface area contributed by atoms with Gasteiger partial charge >= 0.3 is 0 Å². The minimum Gasteiger partial charge on any atom is -0.352 e. The number of hydrogen-bond donors (Lipinski definition) is 2. The van der Waals surface area contributed by atoms with Gasteiger partial charge in [0.25, 0.3) is 0 Å². The van der Waals surface area contributed by atoms with Gasteiger partial charge in [-0.25, -0.2) is 0 Å². The molecule has 5 heteroatoms. The lowest BCUT2D eigenvalue weighted by atomic mass is 10.0. The number of carbonyl (C=O) groups is 2. The van der Waals surface area contributed by atoms with Gasteiger partial charge in [-0.1, -0.05) is 18.6 Å². The van der Waals surface area contributed by atoms with Crippen LogP contribution in [0.25, 0.3) is 0 Å². The Bertz CT molecular complexity index is 556. The summed E-state index contributed by atoms with van der Waals surface area (Å²) in [6.07, 6.45) is 4.44. The molecule has 1 aromatic rings. The minimum absolute atomic E-state index is 0.00329. The lowest BCUT2D eigenvalue weighted by molar-refractivity contribution is -0.125. The Labute approximate surface area is 130 Å². The van der Waals surface area contributed by atoms with Crippen molar-refractivity contribution >= 4 is 17.5 Å². The van der Waals surface area contributed by atoms with E-state index in [1.54, 1.807) is 0 Å². The predicted molar refractivity (Wildman–Crippen MR) is 85.2 cm³/mol. The summed E-state index contributed by atoms with van der Waals surface area (Å²) in [6.45, 7) is 1.31. The van der Waals surface area contributed by atoms with Crippen molar-refractivity contribution in [2.45, 2.75) is 44.7 Å². The summed E-state index contributed by atoms with van der Waals surface area (Å²) >= 11 is 0. The second-order valence-electron chi connectivity index (χ2n) is 6.23. The first-order valence-corrected chi connectivity index (χ1v) is 8.08. The van der Waals surface area contributed by atoms with Crippen LogP contribution in [-0.2, 0) is 16.1 Å². The molecule has 3 rings (SSSR count). The first-order chi connectivity index (χ1) is 10.6. The van der Waals surface area contributed by atoms with E-state index in [0.29, 0.717) is 13.0 Å². The Morgan fingerprint density at radius 3 is 2.59 bits per heavy atom. The number of nitrogens with two attached hydrogens (primary N) is 1. The number of carbonyl (C=O) groups excluding carboxylic acids is 2. The van der Waals surface area contributed by atoms with Crippen molar-refractivity contribution in [1.29, 1.82) is 0 Å². The van der Waals surface area contributed by atoms with E-state index < -0.39 is 0 Å². The van der Waals surface area contributed by atoms with Crippen molar-refractivity contribution in [2.75, 3.05) is 11.4 Å². The zero-order chi connectivity index (χ0) is 15.5. The molecule has 1 saturated carbocycles. The number of hydrogen-bond acceptors (Lipinski definition) is 3. The number of amides is 2. The van der Waals surface area contributed by atoms with Crippen LogP contribution < -0.4 is 16.0 Å². The smallest absolute Gasteiger partial charge is 0.227 e. The zero-order valence-electron chi connectivity index (χ0n) is 12.8. The summed E-state index contributed by atoms with van der Waals surface area (Å²) in [6, 6.07) is 7.84. The van der Waals surface area contributed by atoms with Crippen LogP contribution in [0.4, 0.5) is 5.69 Å². The van der Waals surface area contributed by atoms with Gasteiger partial charge in [-0.05, 0) is 37.0 Å². The van der Waals surface area contributed by atoms with Gasteiger partial charge in [-0.3, -0.25) is 9.59 Å². The number of rotatable bonds is 4. The normalized spacial score (nSPS) is 24.8. The largest absolute Gasteiger partial charge is 0.352 e. The van der Waals surface area contributed by atoms with Crippen molar-refractivity contribution in [3.8, 4) is 0 Å². The van der Waals surface area contributed by atoms with Crippen molar-refractivity contribution in [3.63, 3.8) is 0 Å². The Morgan fingerprint density at radius 1 is 1.23 bits per heavy atom. The van der Waals surface area contributed by atoms with E-state index in [1.165, 1.54) is 0 Å². The molecule has 118 valence electrons. The summed E-state index contributed by atoms with van der Waals surface area (Å²) in [4.78, 5) is 25.6. The molecule has 1 aliphatic carbocycles. The Kier molecular flexibility index (Phi) is 4.43. The van der Waals surface area contributed by atoms with E-state index in [-0.39, 0.29) is 23.8 Å². The maximum absolute atomic E-state index is 12.1. The van der Waals surface area contributed by atoms with Crippen molar-refractivity contribution in [2.24, 2.45) is 11.7 Å². The molecule has 22 heavy (non-hydrogen) atoms. The van der Waals surface area contributed by atoms with Crippen LogP contribution in [-0.4, -0.2) is 24.4 Å². The molecule has 2 aliphatic rings. The minimum atomic E-state index is -0.0403. The van der Waals surface area contributed by atoms with E-state index >= 15 is 0 Å². The van der Waals surface area contributed by atoms with Crippen LogP contribution in [0.3, 0.4) is 0 Å². The Morgan fingerprint density at radius 2 is 2.00 bits per heavy atom. The van der Waals surface area contributed by atoms with Crippen molar-refractivity contribution in [3.05, 3.63) is 29.8 Å². The lowest BCUT2D eigenvalue weighted by Crippen LogP contribution is -2.38. The van der Waals surface area contributed by atoms with Crippen molar-refractivity contribution in [1.82, 2.24) is 5.32 Å². The van der Waals surface area contributed by atoms with Crippen LogP contribution in [0.5, 0.6) is 0 Å². The fourth-order valence-corrected chi connectivity index (χ4v) is 3.35. The number of nitrogens with zero attached hydrogens (tertiary/aromatic N) is 1. The maximum atomic E-state index is 12.1. The van der Waals surface area contributed by atoms with Crippen molar-refractivity contribution < 1.29 is 9.59 Å². The molecular formula is C17H23N3O2. The molecule has 3 N–H and O–H groups in total. The standard InChI is InChI=1S/C17H23N3O2/c18-15-4-1-3-14(15)17(22)19-11-12-6-8-13(9-7-12)20-10-2-5-16(20)21/h6-9,14-15H,1-5,10-11,18H2,(H,19,22). The van der Waals surface area contributed by atoms with E-state index in [0.717, 1.165) is 43.5 Å². The Hall–Kier alpha value is -1.88. The molecule has 1 heterocycles. The van der Waals surface area contributed by atoms with Gasteiger partial charge in [-0.15, -0.1) is 0 Å². The third kappa shape index (κ3) is 3.14. The van der Waals surface area contributed by atoms with Crippen LogP contribution in [0, 0.1) is 5.92 Å². The van der Waals surface area contributed by atoms with Gasteiger partial charge in [0.1, 0.15) is 0 Å². The van der Waals surface area contributed by atoms with Crippen LogP contribution in [0.2, 0.25) is 0 Å². The molecule has 2 amide bonds. The Balaban J connectivity index is 1.55. The zero-order valence-corrected chi connectivity index (χ0v) is 12.8. The third-order valence-corrected chi connectivity index (χ3v) is 4.69. The molecule has 5 nitrogen and oxygen atoms in total. The summed E-state index contributed by atoms with van der Waals surface area (Å²) in [5.74, 6) is 0.210. The summed E-state index contributed by atoms with van der Waals surface area (Å²) in [5, 5.41) is 2.97. The second-order valence-corrected chi connectivity index (χ2v) is 6.23. The molecule has 2 atom stereocenters. The summed E-state index contributed by atoms with van der Waals surface area (Å²) in [5.41, 5.74) is 7.93. The summed E-state index contributed by atoms with van der Waals surface area (Å²) < 4.78 is 0. The molecule has 2 fully saturated rings. The molecular weight excluding hydrogens is 278 g/mol. The highest BCUT2D eigenvalue weighted by atomic mass is 16.2. The fourth-order valence-electron chi connectivity index (χ4n) is 3.35. The van der Waals surface area contributed by atoms with E-state index in [4.69, 9.17) is 5.73 Å². The van der Waals surface area contributed by atoms with Crippen LogP contribution in [0.1, 0.15) is 37.7 Å². The van der Waals surface area contributed by atoms with Gasteiger partial charge in [-0.2, -0.15) is 0 Å². The van der Waals surface area contributed by atoms with E-state index in [1.807, 2.05) is 29.2 Å². The van der Waals surface area contributed by atoms with Gasteiger partial charge < -0.3 is 16.0 Å². The van der Waals surface area contributed by atoms with Gasteiger partial charge in [0.2, 0.25) is 11.8 Å². The van der Waals surface area contributed by atoms with E-state index in [2.05, 4.69) is 5.32 Å². The molecule has 0 aromatic heterocycles. The average Bonchev–Trinajstić information content (AvgIpc) is 3.14. The first kappa shape index (κ1) is 15.0. The summed E-state index contributed by atoms with van der Waals surface area (Å²) in [7, 11) is 0. The fraction of sp³-hybridized carbons (Fsp3) is 0.529. The molecule has 0 radical (unpaired) electrons. The van der Waals surface area contributed by atoms with Crippen LogP contribution >= 0.6 is 0 Å². The molecule has 1 saturated heterocycles. The number of nitrogens with one attached hydrogen (secondary N) is 1. The highest BCUT2D eigenvalue weighted by molar-refractivity contribution is 5.95. The van der Waals surface area contributed by atoms with Crippen LogP contribution in [0.15, 0.2) is 24.3 Å². The van der Waals surface area contributed by atoms with E-state index in [9.17, 15) is 9.59 Å². The van der Waals surface area contributed by atoms with Gasteiger partial charge in [0.15, 0.2) is 0 Å². The van der Waals surface area contributed by atoms with Gasteiger partial charge in [0.05, 0.1) is 5.92 Å². The molecule has 0 bridgehead atoms. The quantitative estimate of drug-likeness (QED) is 0.886. The topological polar surface area (TPSA) is 75.4 Å².